The Morgan fingerprint density at radius 2 is 2.35 bits per heavy atom. The number of nitrogens with zero attached hydrogens (tertiary/aromatic N) is 3. The number of carbonyl (C=O) groups is 2. The van der Waals surface area contributed by atoms with Crippen molar-refractivity contribution in [2.75, 3.05) is 26.2 Å². The molecule has 3 heterocycles. The van der Waals surface area contributed by atoms with E-state index >= 15 is 0 Å². The molecule has 2 saturated heterocycles. The van der Waals surface area contributed by atoms with Gasteiger partial charge in [0.15, 0.2) is 0 Å². The van der Waals surface area contributed by atoms with Gasteiger partial charge >= 0.3 is 6.03 Å². The lowest BCUT2D eigenvalue weighted by Gasteiger charge is -2.36. The van der Waals surface area contributed by atoms with Gasteiger partial charge in [-0.05, 0) is 12.1 Å². The second-order valence-corrected chi connectivity index (χ2v) is 5.02. The van der Waals surface area contributed by atoms with E-state index in [0.29, 0.717) is 44.0 Å². The SMILES string of the molecule is NCc1cc(C(=O)N2CCN3C(=O)NCC3C2)ccn1. The summed E-state index contributed by atoms with van der Waals surface area (Å²) in [7, 11) is 0. The van der Waals surface area contributed by atoms with Crippen molar-refractivity contribution in [3.63, 3.8) is 0 Å². The summed E-state index contributed by atoms with van der Waals surface area (Å²) in [5, 5.41) is 2.80. The third kappa shape index (κ3) is 2.20. The maximum atomic E-state index is 12.5. The Hall–Kier alpha value is -2.15. The predicted molar refractivity (Wildman–Crippen MR) is 71.9 cm³/mol. The highest BCUT2D eigenvalue weighted by atomic mass is 16.2. The lowest BCUT2D eigenvalue weighted by Crippen LogP contribution is -2.53. The van der Waals surface area contributed by atoms with Gasteiger partial charge in [-0.1, -0.05) is 0 Å². The number of hydrogen-bond acceptors (Lipinski definition) is 4. The fourth-order valence-corrected chi connectivity index (χ4v) is 2.69. The van der Waals surface area contributed by atoms with Crippen LogP contribution >= 0.6 is 0 Å². The van der Waals surface area contributed by atoms with E-state index in [4.69, 9.17) is 5.73 Å². The molecule has 1 unspecified atom stereocenters. The number of rotatable bonds is 2. The van der Waals surface area contributed by atoms with Crippen LogP contribution in [0.2, 0.25) is 0 Å². The molecule has 1 aromatic rings. The summed E-state index contributed by atoms with van der Waals surface area (Å²) in [6.07, 6.45) is 1.60. The quantitative estimate of drug-likeness (QED) is 0.753. The van der Waals surface area contributed by atoms with E-state index in [1.54, 1.807) is 28.1 Å². The Balaban J connectivity index is 1.73. The number of pyridine rings is 1. The molecule has 2 aliphatic heterocycles. The number of amides is 3. The zero-order valence-electron chi connectivity index (χ0n) is 11.1. The first-order chi connectivity index (χ1) is 9.69. The molecule has 0 bridgehead atoms. The highest BCUT2D eigenvalue weighted by Gasteiger charge is 2.37. The molecule has 0 saturated carbocycles. The molecule has 3 rings (SSSR count). The topological polar surface area (TPSA) is 91.6 Å². The van der Waals surface area contributed by atoms with Gasteiger partial charge in [0.25, 0.3) is 5.91 Å². The van der Waals surface area contributed by atoms with Crippen molar-refractivity contribution in [1.29, 1.82) is 0 Å². The van der Waals surface area contributed by atoms with Crippen molar-refractivity contribution < 1.29 is 9.59 Å². The van der Waals surface area contributed by atoms with Crippen LogP contribution in [-0.4, -0.2) is 58.9 Å². The van der Waals surface area contributed by atoms with E-state index in [0.717, 1.165) is 0 Å². The number of fused-ring (bicyclic) bond motifs is 1. The summed E-state index contributed by atoms with van der Waals surface area (Å²) in [4.78, 5) is 31.7. The predicted octanol–water partition coefficient (Wildman–Crippen LogP) is -0.610. The molecule has 2 aliphatic rings. The van der Waals surface area contributed by atoms with Crippen LogP contribution in [0.1, 0.15) is 16.1 Å². The van der Waals surface area contributed by atoms with Crippen LogP contribution in [0.15, 0.2) is 18.3 Å². The second-order valence-electron chi connectivity index (χ2n) is 5.02. The molecule has 0 aromatic carbocycles. The minimum atomic E-state index is -0.0311. The monoisotopic (exact) mass is 275 g/mol. The minimum Gasteiger partial charge on any atom is -0.336 e. The Labute approximate surface area is 116 Å². The Kier molecular flexibility index (Phi) is 3.27. The van der Waals surface area contributed by atoms with Gasteiger partial charge in [0.1, 0.15) is 0 Å². The van der Waals surface area contributed by atoms with Gasteiger partial charge in [-0.25, -0.2) is 4.79 Å². The molecule has 3 N–H and O–H groups in total. The first-order valence-electron chi connectivity index (χ1n) is 6.68. The molecule has 20 heavy (non-hydrogen) atoms. The highest BCUT2D eigenvalue weighted by molar-refractivity contribution is 5.94. The minimum absolute atomic E-state index is 0.0268. The third-order valence-corrected chi connectivity index (χ3v) is 3.79. The van der Waals surface area contributed by atoms with E-state index < -0.39 is 0 Å². The van der Waals surface area contributed by atoms with Gasteiger partial charge in [-0.3, -0.25) is 9.78 Å². The van der Waals surface area contributed by atoms with E-state index in [-0.39, 0.29) is 18.0 Å². The van der Waals surface area contributed by atoms with Crippen molar-refractivity contribution in [2.45, 2.75) is 12.6 Å². The standard InChI is InChI=1S/C13H17N5O2/c14-6-10-5-9(1-2-15-10)12(19)17-3-4-18-11(8-17)7-16-13(18)20/h1-2,5,11H,3-4,6-8,14H2,(H,16,20). The first-order valence-corrected chi connectivity index (χ1v) is 6.68. The molecule has 0 spiro atoms. The van der Waals surface area contributed by atoms with Gasteiger partial charge in [-0.15, -0.1) is 0 Å². The molecule has 1 aromatic heterocycles. The van der Waals surface area contributed by atoms with Crippen LogP contribution in [0.5, 0.6) is 0 Å². The fourth-order valence-electron chi connectivity index (χ4n) is 2.69. The van der Waals surface area contributed by atoms with Crippen molar-refractivity contribution in [2.24, 2.45) is 5.73 Å². The molecule has 106 valence electrons. The second kappa shape index (κ2) is 5.09. The third-order valence-electron chi connectivity index (χ3n) is 3.79. The van der Waals surface area contributed by atoms with Crippen LogP contribution in [-0.2, 0) is 6.54 Å². The Morgan fingerprint density at radius 3 is 3.15 bits per heavy atom. The average Bonchev–Trinajstić information content (AvgIpc) is 2.87. The summed E-state index contributed by atoms with van der Waals surface area (Å²) in [6.45, 7) is 2.63. The van der Waals surface area contributed by atoms with E-state index in [1.807, 2.05) is 0 Å². The van der Waals surface area contributed by atoms with Crippen molar-refractivity contribution in [1.82, 2.24) is 20.1 Å². The van der Waals surface area contributed by atoms with Crippen molar-refractivity contribution in [3.8, 4) is 0 Å². The van der Waals surface area contributed by atoms with Crippen molar-refractivity contribution in [3.05, 3.63) is 29.6 Å². The number of hydrogen-bond donors (Lipinski definition) is 2. The largest absolute Gasteiger partial charge is 0.336 e. The van der Waals surface area contributed by atoms with Crippen LogP contribution in [0.3, 0.4) is 0 Å². The number of nitrogens with two attached hydrogens (primary N) is 1. The summed E-state index contributed by atoms with van der Waals surface area (Å²) in [5.74, 6) is -0.0268. The zero-order valence-corrected chi connectivity index (χ0v) is 11.1. The molecular weight excluding hydrogens is 258 g/mol. The lowest BCUT2D eigenvalue weighted by molar-refractivity contribution is 0.0616. The molecule has 7 nitrogen and oxygen atoms in total. The molecule has 0 radical (unpaired) electrons. The Morgan fingerprint density at radius 1 is 1.50 bits per heavy atom. The number of urea groups is 1. The van der Waals surface area contributed by atoms with Gasteiger partial charge in [0.2, 0.25) is 0 Å². The lowest BCUT2D eigenvalue weighted by atomic mass is 10.1. The summed E-state index contributed by atoms with van der Waals surface area (Å²) in [5.41, 5.74) is 6.85. The average molecular weight is 275 g/mol. The van der Waals surface area contributed by atoms with E-state index in [2.05, 4.69) is 10.3 Å². The summed E-state index contributed by atoms with van der Waals surface area (Å²) in [6, 6.07) is 3.48. The van der Waals surface area contributed by atoms with E-state index in [9.17, 15) is 9.59 Å². The van der Waals surface area contributed by atoms with E-state index in [1.165, 1.54) is 0 Å². The highest BCUT2D eigenvalue weighted by Crippen LogP contribution is 2.16. The number of carbonyl (C=O) groups excluding carboxylic acids is 2. The Bertz CT molecular complexity index is 547. The molecule has 3 amide bonds. The molecule has 0 aliphatic carbocycles. The van der Waals surface area contributed by atoms with Crippen molar-refractivity contribution >= 4 is 11.9 Å². The summed E-state index contributed by atoms with van der Waals surface area (Å²) < 4.78 is 0. The smallest absolute Gasteiger partial charge is 0.317 e. The maximum absolute atomic E-state index is 12.5. The number of nitrogens with one attached hydrogen (secondary N) is 1. The van der Waals surface area contributed by atoms with Gasteiger partial charge in [-0.2, -0.15) is 0 Å². The van der Waals surface area contributed by atoms with Gasteiger partial charge in [0.05, 0.1) is 11.7 Å². The first kappa shape index (κ1) is 12.9. The maximum Gasteiger partial charge on any atom is 0.317 e. The number of aromatic nitrogens is 1. The molecule has 2 fully saturated rings. The van der Waals surface area contributed by atoms with Crippen LogP contribution < -0.4 is 11.1 Å². The van der Waals surface area contributed by atoms with Crippen LogP contribution in [0.4, 0.5) is 4.79 Å². The molecule has 7 heteroatoms. The van der Waals surface area contributed by atoms with Crippen LogP contribution in [0, 0.1) is 0 Å². The van der Waals surface area contributed by atoms with Gasteiger partial charge in [0, 0.05) is 44.5 Å². The van der Waals surface area contributed by atoms with Gasteiger partial charge < -0.3 is 20.9 Å². The molecule has 1 atom stereocenters. The molecular formula is C13H17N5O2. The zero-order chi connectivity index (χ0) is 14.1. The normalized spacial score (nSPS) is 21.6. The summed E-state index contributed by atoms with van der Waals surface area (Å²) >= 11 is 0. The number of piperazine rings is 1. The fraction of sp³-hybridized carbons (Fsp3) is 0.462. The van der Waals surface area contributed by atoms with Crippen LogP contribution in [0.25, 0.3) is 0 Å².